The first kappa shape index (κ1) is 10.1. The van der Waals surface area contributed by atoms with Crippen molar-refractivity contribution in [1.82, 2.24) is 5.32 Å². The van der Waals surface area contributed by atoms with Crippen LogP contribution < -0.4 is 5.32 Å². The van der Waals surface area contributed by atoms with Gasteiger partial charge in [0.1, 0.15) is 5.76 Å². The maximum absolute atomic E-state index is 5.46. The highest BCUT2D eigenvalue weighted by atomic mass is 79.9. The fraction of sp³-hybridized carbons (Fsp3) is 0.500. The van der Waals surface area contributed by atoms with E-state index in [1.807, 2.05) is 6.07 Å². The van der Waals surface area contributed by atoms with Gasteiger partial charge in [-0.2, -0.15) is 0 Å². The van der Waals surface area contributed by atoms with E-state index in [4.69, 9.17) is 4.42 Å². The highest BCUT2D eigenvalue weighted by molar-refractivity contribution is 9.10. The summed E-state index contributed by atoms with van der Waals surface area (Å²) < 4.78 is 6.32. The van der Waals surface area contributed by atoms with Crippen LogP contribution >= 0.6 is 28.3 Å². The predicted octanol–water partition coefficient (Wildman–Crippen LogP) is 2.50. The monoisotopic (exact) mass is 251 g/mol. The summed E-state index contributed by atoms with van der Waals surface area (Å²) in [5.74, 6) is 1.14. The summed E-state index contributed by atoms with van der Waals surface area (Å²) in [5, 5.41) is 3.34. The molecule has 0 radical (unpaired) electrons. The molecule has 2 heterocycles. The standard InChI is InChI=1S/C8H10BrNO.ClH/c9-8-4-6-5-10-3-1-2-7(6)11-8;/h4,10H,1-3,5H2;1H. The third-order valence-electron chi connectivity index (χ3n) is 1.94. The number of hydrogen-bond acceptors (Lipinski definition) is 2. The minimum atomic E-state index is 0. The van der Waals surface area contributed by atoms with Gasteiger partial charge in [-0.1, -0.05) is 0 Å². The van der Waals surface area contributed by atoms with E-state index in [1.54, 1.807) is 0 Å². The fourth-order valence-corrected chi connectivity index (χ4v) is 1.86. The Morgan fingerprint density at radius 3 is 3.17 bits per heavy atom. The van der Waals surface area contributed by atoms with E-state index in [0.717, 1.165) is 29.9 Å². The van der Waals surface area contributed by atoms with Crippen LogP contribution in [0.15, 0.2) is 15.2 Å². The molecule has 0 atom stereocenters. The molecule has 68 valence electrons. The molecule has 0 saturated carbocycles. The van der Waals surface area contributed by atoms with Crippen LogP contribution in [-0.2, 0) is 13.0 Å². The Bertz CT molecular complexity index is 238. The third kappa shape index (κ3) is 2.03. The van der Waals surface area contributed by atoms with Gasteiger partial charge in [-0.3, -0.25) is 0 Å². The van der Waals surface area contributed by atoms with Crippen LogP contribution in [0.25, 0.3) is 0 Å². The Morgan fingerprint density at radius 1 is 1.50 bits per heavy atom. The van der Waals surface area contributed by atoms with E-state index >= 15 is 0 Å². The van der Waals surface area contributed by atoms with Crippen molar-refractivity contribution in [3.63, 3.8) is 0 Å². The second-order valence-corrected chi connectivity index (χ2v) is 3.56. The van der Waals surface area contributed by atoms with Gasteiger partial charge in [0, 0.05) is 18.5 Å². The molecule has 1 aromatic heterocycles. The number of aryl methyl sites for hydroxylation is 1. The predicted molar refractivity (Wildman–Crippen MR) is 53.7 cm³/mol. The minimum Gasteiger partial charge on any atom is -0.454 e. The lowest BCUT2D eigenvalue weighted by atomic mass is 10.2. The maximum Gasteiger partial charge on any atom is 0.169 e. The molecule has 0 aromatic carbocycles. The molecule has 0 bridgehead atoms. The Morgan fingerprint density at radius 2 is 2.33 bits per heavy atom. The molecule has 4 heteroatoms. The van der Waals surface area contributed by atoms with Gasteiger partial charge < -0.3 is 9.73 Å². The zero-order valence-electron chi connectivity index (χ0n) is 6.60. The van der Waals surface area contributed by atoms with Gasteiger partial charge in [0.15, 0.2) is 4.67 Å². The molecule has 0 aliphatic carbocycles. The molecule has 0 fully saturated rings. The van der Waals surface area contributed by atoms with E-state index in [2.05, 4.69) is 21.2 Å². The van der Waals surface area contributed by atoms with Gasteiger partial charge in [0.25, 0.3) is 0 Å². The SMILES string of the molecule is Brc1cc2c(o1)CCCNC2.Cl. The first-order valence-corrected chi connectivity index (χ1v) is 4.63. The van der Waals surface area contributed by atoms with E-state index in [1.165, 1.54) is 12.0 Å². The molecule has 0 spiro atoms. The molecule has 1 aliphatic heterocycles. The number of halogens is 2. The van der Waals surface area contributed by atoms with Crippen LogP contribution in [0.4, 0.5) is 0 Å². The van der Waals surface area contributed by atoms with Crippen LogP contribution in [0.2, 0.25) is 0 Å². The molecule has 0 saturated heterocycles. The number of furan rings is 1. The van der Waals surface area contributed by atoms with Crippen molar-refractivity contribution in [1.29, 1.82) is 0 Å². The summed E-state index contributed by atoms with van der Waals surface area (Å²) in [5.41, 5.74) is 1.30. The second kappa shape index (κ2) is 4.30. The highest BCUT2D eigenvalue weighted by Gasteiger charge is 2.11. The van der Waals surface area contributed by atoms with Crippen molar-refractivity contribution >= 4 is 28.3 Å². The molecule has 1 aliphatic rings. The van der Waals surface area contributed by atoms with E-state index in [-0.39, 0.29) is 12.4 Å². The molecule has 1 aromatic rings. The first-order chi connectivity index (χ1) is 5.36. The van der Waals surface area contributed by atoms with Crippen LogP contribution in [0, 0.1) is 0 Å². The average molecular weight is 253 g/mol. The van der Waals surface area contributed by atoms with Crippen molar-refractivity contribution in [2.75, 3.05) is 6.54 Å². The smallest absolute Gasteiger partial charge is 0.169 e. The van der Waals surface area contributed by atoms with Gasteiger partial charge in [-0.15, -0.1) is 12.4 Å². The number of nitrogens with one attached hydrogen (secondary N) is 1. The zero-order valence-corrected chi connectivity index (χ0v) is 9.00. The largest absolute Gasteiger partial charge is 0.454 e. The second-order valence-electron chi connectivity index (χ2n) is 2.78. The lowest BCUT2D eigenvalue weighted by Crippen LogP contribution is -2.11. The molecule has 12 heavy (non-hydrogen) atoms. The van der Waals surface area contributed by atoms with Crippen LogP contribution in [0.3, 0.4) is 0 Å². The third-order valence-corrected chi connectivity index (χ3v) is 2.33. The topological polar surface area (TPSA) is 25.2 Å². The number of hydrogen-bond donors (Lipinski definition) is 1. The molecule has 2 nitrogen and oxygen atoms in total. The quantitative estimate of drug-likeness (QED) is 0.767. The summed E-state index contributed by atoms with van der Waals surface area (Å²) in [6.07, 6.45) is 2.24. The van der Waals surface area contributed by atoms with Gasteiger partial charge in [0.05, 0.1) is 0 Å². The minimum absolute atomic E-state index is 0. The van der Waals surface area contributed by atoms with E-state index < -0.39 is 0 Å². The molecular weight excluding hydrogens is 241 g/mol. The van der Waals surface area contributed by atoms with E-state index in [0.29, 0.717) is 0 Å². The lowest BCUT2D eigenvalue weighted by Gasteiger charge is -1.93. The van der Waals surface area contributed by atoms with Crippen LogP contribution in [0.1, 0.15) is 17.7 Å². The van der Waals surface area contributed by atoms with Crippen molar-refractivity contribution in [2.24, 2.45) is 0 Å². The van der Waals surface area contributed by atoms with Crippen molar-refractivity contribution < 1.29 is 4.42 Å². The van der Waals surface area contributed by atoms with Crippen molar-refractivity contribution in [2.45, 2.75) is 19.4 Å². The van der Waals surface area contributed by atoms with E-state index in [9.17, 15) is 0 Å². The first-order valence-electron chi connectivity index (χ1n) is 3.84. The Labute approximate surface area is 86.3 Å². The fourth-order valence-electron chi connectivity index (χ4n) is 1.39. The normalized spacial score (nSPS) is 16.1. The zero-order chi connectivity index (χ0) is 7.68. The molecule has 0 amide bonds. The number of rotatable bonds is 0. The van der Waals surface area contributed by atoms with Gasteiger partial charge >= 0.3 is 0 Å². The molecular formula is C8H11BrClNO. The van der Waals surface area contributed by atoms with Gasteiger partial charge in [-0.05, 0) is 35.0 Å². The lowest BCUT2D eigenvalue weighted by molar-refractivity contribution is 0.483. The Balaban J connectivity index is 0.000000720. The average Bonchev–Trinajstić information content (AvgIpc) is 2.17. The van der Waals surface area contributed by atoms with Gasteiger partial charge in [-0.25, -0.2) is 0 Å². The summed E-state index contributed by atoms with van der Waals surface area (Å²) >= 11 is 3.32. The van der Waals surface area contributed by atoms with Gasteiger partial charge in [0.2, 0.25) is 0 Å². The highest BCUT2D eigenvalue weighted by Crippen LogP contribution is 2.22. The summed E-state index contributed by atoms with van der Waals surface area (Å²) in [6.45, 7) is 2.05. The number of fused-ring (bicyclic) bond motifs is 1. The maximum atomic E-state index is 5.46. The summed E-state index contributed by atoms with van der Waals surface area (Å²) in [4.78, 5) is 0. The Hall–Kier alpha value is 0.01000. The summed E-state index contributed by atoms with van der Waals surface area (Å²) in [7, 11) is 0. The van der Waals surface area contributed by atoms with Crippen molar-refractivity contribution in [3.05, 3.63) is 22.1 Å². The van der Waals surface area contributed by atoms with Crippen molar-refractivity contribution in [3.8, 4) is 0 Å². The van der Waals surface area contributed by atoms with Crippen LogP contribution in [-0.4, -0.2) is 6.54 Å². The molecule has 2 rings (SSSR count). The Kier molecular flexibility index (Phi) is 3.62. The van der Waals surface area contributed by atoms with Crippen LogP contribution in [0.5, 0.6) is 0 Å². The molecule has 1 N–H and O–H groups in total. The molecule has 0 unspecified atom stereocenters. The summed E-state index contributed by atoms with van der Waals surface area (Å²) in [6, 6.07) is 2.05.